The van der Waals surface area contributed by atoms with Gasteiger partial charge in [-0.1, -0.05) is 30.3 Å². The average molecular weight is 357 g/mol. The third-order valence-electron chi connectivity index (χ3n) is 5.06. The van der Waals surface area contributed by atoms with Gasteiger partial charge in [0.15, 0.2) is 0 Å². The standard InChI is InChI=1S/C22H19N3O2/c23-12-15-4-3-6-17(10-15)22(27)25-13-18(21(26)14-25)11-19-9-8-16-5-1-2-7-20(16)24-19/h1-10,18,21,26H,11,13-14H2/t18-,21-/m1/s1. The lowest BCUT2D eigenvalue weighted by molar-refractivity contribution is 0.0764. The number of fused-ring (bicyclic) bond motifs is 1. The van der Waals surface area contributed by atoms with Gasteiger partial charge in [-0.15, -0.1) is 0 Å². The highest BCUT2D eigenvalue weighted by Gasteiger charge is 2.34. The van der Waals surface area contributed by atoms with Gasteiger partial charge in [-0.2, -0.15) is 5.26 Å². The molecule has 0 aliphatic carbocycles. The quantitative estimate of drug-likeness (QED) is 0.782. The van der Waals surface area contributed by atoms with Crippen LogP contribution >= 0.6 is 0 Å². The van der Waals surface area contributed by atoms with Crippen molar-refractivity contribution in [2.24, 2.45) is 5.92 Å². The van der Waals surface area contributed by atoms with Gasteiger partial charge in [-0.05, 0) is 36.8 Å². The number of nitrogens with zero attached hydrogens (tertiary/aromatic N) is 3. The third-order valence-corrected chi connectivity index (χ3v) is 5.06. The molecule has 1 N–H and O–H groups in total. The summed E-state index contributed by atoms with van der Waals surface area (Å²) in [4.78, 5) is 19.1. The predicted octanol–water partition coefficient (Wildman–Crippen LogP) is 2.78. The summed E-state index contributed by atoms with van der Waals surface area (Å²) in [5.41, 5.74) is 2.78. The maximum atomic E-state index is 12.7. The summed E-state index contributed by atoms with van der Waals surface area (Å²) in [6.07, 6.45) is 0.0370. The highest BCUT2D eigenvalue weighted by Crippen LogP contribution is 2.24. The molecular formula is C22H19N3O2. The van der Waals surface area contributed by atoms with E-state index in [4.69, 9.17) is 5.26 Å². The molecule has 134 valence electrons. The highest BCUT2D eigenvalue weighted by molar-refractivity contribution is 5.94. The molecule has 27 heavy (non-hydrogen) atoms. The molecule has 0 saturated carbocycles. The number of aliphatic hydroxyl groups excluding tert-OH is 1. The normalized spacial score (nSPS) is 19.2. The van der Waals surface area contributed by atoms with Crippen LogP contribution in [0, 0.1) is 17.2 Å². The fourth-order valence-corrected chi connectivity index (χ4v) is 3.62. The van der Waals surface area contributed by atoms with E-state index in [1.54, 1.807) is 29.2 Å². The average Bonchev–Trinajstić information content (AvgIpc) is 3.07. The zero-order valence-corrected chi connectivity index (χ0v) is 14.7. The van der Waals surface area contributed by atoms with Gasteiger partial charge in [0.25, 0.3) is 5.91 Å². The first kappa shape index (κ1) is 17.2. The first-order chi connectivity index (χ1) is 13.1. The monoisotopic (exact) mass is 357 g/mol. The Labute approximate surface area is 157 Å². The minimum absolute atomic E-state index is 0.0539. The molecule has 0 bridgehead atoms. The van der Waals surface area contributed by atoms with Crippen LogP contribution in [0.1, 0.15) is 21.6 Å². The molecule has 1 amide bonds. The number of hydrogen-bond donors (Lipinski definition) is 1. The fourth-order valence-electron chi connectivity index (χ4n) is 3.62. The van der Waals surface area contributed by atoms with Crippen molar-refractivity contribution in [1.29, 1.82) is 5.26 Å². The molecule has 1 fully saturated rings. The number of hydrogen-bond acceptors (Lipinski definition) is 4. The number of likely N-dealkylation sites (tertiary alicyclic amines) is 1. The Morgan fingerprint density at radius 2 is 2.00 bits per heavy atom. The van der Waals surface area contributed by atoms with Crippen molar-refractivity contribution in [3.8, 4) is 6.07 Å². The summed E-state index contributed by atoms with van der Waals surface area (Å²) < 4.78 is 0. The number of benzene rings is 2. The topological polar surface area (TPSA) is 77.2 Å². The van der Waals surface area contributed by atoms with Gasteiger partial charge < -0.3 is 10.0 Å². The Balaban J connectivity index is 1.49. The molecule has 0 radical (unpaired) electrons. The molecule has 0 spiro atoms. The van der Waals surface area contributed by atoms with E-state index in [0.29, 0.717) is 30.6 Å². The summed E-state index contributed by atoms with van der Waals surface area (Å²) in [6, 6.07) is 20.7. The van der Waals surface area contributed by atoms with E-state index in [0.717, 1.165) is 16.6 Å². The van der Waals surface area contributed by atoms with Crippen LogP contribution in [0.5, 0.6) is 0 Å². The van der Waals surface area contributed by atoms with Gasteiger partial charge in [0.2, 0.25) is 0 Å². The zero-order chi connectivity index (χ0) is 18.8. The van der Waals surface area contributed by atoms with Gasteiger partial charge >= 0.3 is 0 Å². The molecule has 1 saturated heterocycles. The van der Waals surface area contributed by atoms with Crippen LogP contribution in [-0.2, 0) is 6.42 Å². The number of carbonyl (C=O) groups excluding carboxylic acids is 1. The Bertz CT molecular complexity index is 1040. The van der Waals surface area contributed by atoms with Gasteiger partial charge in [-0.25, -0.2) is 0 Å². The smallest absolute Gasteiger partial charge is 0.253 e. The Morgan fingerprint density at radius 3 is 2.85 bits per heavy atom. The summed E-state index contributed by atoms with van der Waals surface area (Å²) >= 11 is 0. The van der Waals surface area contributed by atoms with Crippen LogP contribution < -0.4 is 0 Å². The molecule has 2 heterocycles. The number of para-hydroxylation sites is 1. The number of rotatable bonds is 3. The van der Waals surface area contributed by atoms with E-state index < -0.39 is 6.10 Å². The molecule has 1 aromatic heterocycles. The SMILES string of the molecule is N#Cc1cccc(C(=O)N2C[C@@H](Cc3ccc4ccccc4n3)[C@H](O)C2)c1. The molecule has 0 unspecified atom stereocenters. The zero-order valence-electron chi connectivity index (χ0n) is 14.7. The van der Waals surface area contributed by atoms with E-state index in [1.165, 1.54) is 0 Å². The molecule has 2 aromatic carbocycles. The van der Waals surface area contributed by atoms with Crippen molar-refractivity contribution in [2.45, 2.75) is 12.5 Å². The summed E-state index contributed by atoms with van der Waals surface area (Å²) in [5.74, 6) is -0.207. The maximum Gasteiger partial charge on any atom is 0.253 e. The van der Waals surface area contributed by atoms with Crippen LogP contribution in [0.15, 0.2) is 60.7 Å². The second-order valence-corrected chi connectivity index (χ2v) is 6.93. The van der Waals surface area contributed by atoms with Crippen molar-refractivity contribution < 1.29 is 9.90 Å². The van der Waals surface area contributed by atoms with Gasteiger partial charge in [0.05, 0.1) is 23.3 Å². The van der Waals surface area contributed by atoms with E-state index in [1.807, 2.05) is 42.5 Å². The molecule has 3 aromatic rings. The number of pyridine rings is 1. The minimum atomic E-state index is -0.582. The summed E-state index contributed by atoms with van der Waals surface area (Å²) in [5, 5.41) is 20.6. The van der Waals surface area contributed by atoms with Crippen LogP contribution in [0.2, 0.25) is 0 Å². The van der Waals surface area contributed by atoms with E-state index >= 15 is 0 Å². The van der Waals surface area contributed by atoms with Crippen molar-refractivity contribution >= 4 is 16.8 Å². The summed E-state index contributed by atoms with van der Waals surface area (Å²) in [6.45, 7) is 0.777. The number of aliphatic hydroxyl groups is 1. The lowest BCUT2D eigenvalue weighted by Gasteiger charge is -2.16. The van der Waals surface area contributed by atoms with Crippen molar-refractivity contribution in [1.82, 2.24) is 9.88 Å². The van der Waals surface area contributed by atoms with Gasteiger partial charge in [0.1, 0.15) is 0 Å². The molecular weight excluding hydrogens is 338 g/mol. The molecule has 1 aliphatic rings. The largest absolute Gasteiger partial charge is 0.391 e. The number of carbonyl (C=O) groups is 1. The maximum absolute atomic E-state index is 12.7. The second kappa shape index (κ2) is 7.18. The van der Waals surface area contributed by atoms with E-state index in [2.05, 4.69) is 4.98 Å². The van der Waals surface area contributed by atoms with Crippen LogP contribution in [0.3, 0.4) is 0 Å². The van der Waals surface area contributed by atoms with Gasteiger partial charge in [-0.3, -0.25) is 9.78 Å². The van der Waals surface area contributed by atoms with Crippen molar-refractivity contribution in [2.75, 3.05) is 13.1 Å². The highest BCUT2D eigenvalue weighted by atomic mass is 16.3. The molecule has 2 atom stereocenters. The number of nitriles is 1. The minimum Gasteiger partial charge on any atom is -0.391 e. The third kappa shape index (κ3) is 3.53. The first-order valence-electron chi connectivity index (χ1n) is 8.96. The van der Waals surface area contributed by atoms with Crippen LogP contribution in [0.25, 0.3) is 10.9 Å². The fraction of sp³-hybridized carbons (Fsp3) is 0.227. The number of amides is 1. The predicted molar refractivity (Wildman–Crippen MR) is 102 cm³/mol. The Hall–Kier alpha value is -3.23. The molecule has 1 aliphatic heterocycles. The molecule has 5 heteroatoms. The van der Waals surface area contributed by atoms with Gasteiger partial charge in [0, 0.05) is 35.7 Å². The van der Waals surface area contributed by atoms with Crippen LogP contribution in [-0.4, -0.2) is 40.1 Å². The Morgan fingerprint density at radius 1 is 1.15 bits per heavy atom. The second-order valence-electron chi connectivity index (χ2n) is 6.93. The van der Waals surface area contributed by atoms with E-state index in [-0.39, 0.29) is 11.8 Å². The summed E-state index contributed by atoms with van der Waals surface area (Å²) in [7, 11) is 0. The van der Waals surface area contributed by atoms with Crippen molar-refractivity contribution in [3.05, 3.63) is 77.5 Å². The number of aromatic nitrogens is 1. The first-order valence-corrected chi connectivity index (χ1v) is 8.96. The van der Waals surface area contributed by atoms with Crippen molar-refractivity contribution in [3.63, 3.8) is 0 Å². The lowest BCUT2D eigenvalue weighted by Crippen LogP contribution is -2.29. The lowest BCUT2D eigenvalue weighted by atomic mass is 9.99. The molecule has 4 rings (SSSR count). The van der Waals surface area contributed by atoms with E-state index in [9.17, 15) is 9.90 Å². The Kier molecular flexibility index (Phi) is 4.57. The number of β-amino-alcohol motifs (C(OH)–C–C–N with tert-alkyl or cyclic N) is 1. The molecule has 5 nitrogen and oxygen atoms in total. The van der Waals surface area contributed by atoms with Crippen LogP contribution in [0.4, 0.5) is 0 Å².